The lowest BCUT2D eigenvalue weighted by molar-refractivity contribution is 0.281. The predicted octanol–water partition coefficient (Wildman–Crippen LogP) is 3.55. The zero-order valence-electron chi connectivity index (χ0n) is 15.4. The Bertz CT molecular complexity index is 888. The first kappa shape index (κ1) is 17.2. The van der Waals surface area contributed by atoms with Gasteiger partial charge in [0.05, 0.1) is 17.6 Å². The van der Waals surface area contributed by atoms with Crippen LogP contribution in [0.1, 0.15) is 12.2 Å². The molecule has 4 rings (SSSR count). The zero-order chi connectivity index (χ0) is 18.1. The van der Waals surface area contributed by atoms with Crippen molar-refractivity contribution in [1.82, 2.24) is 19.4 Å². The normalized spacial score (nSPS) is 18.2. The first-order chi connectivity index (χ1) is 12.6. The minimum Gasteiger partial charge on any atom is -0.309 e. The van der Waals surface area contributed by atoms with Crippen LogP contribution in [0.5, 0.6) is 0 Å². The number of fused-ring (bicyclic) bond motifs is 1. The number of nitrogens with zero attached hydrogens (tertiary/aromatic N) is 4. The van der Waals surface area contributed by atoms with Gasteiger partial charge in [-0.3, -0.25) is 9.47 Å². The van der Waals surface area contributed by atoms with Crippen molar-refractivity contribution in [3.63, 3.8) is 0 Å². The Kier molecular flexibility index (Phi) is 4.74. The van der Waals surface area contributed by atoms with Gasteiger partial charge >= 0.3 is 0 Å². The maximum absolute atomic E-state index is 13.9. The lowest BCUT2D eigenvalue weighted by Crippen LogP contribution is -2.26. The molecule has 4 nitrogen and oxygen atoms in total. The molecule has 0 spiro atoms. The number of halogens is 1. The van der Waals surface area contributed by atoms with Crippen LogP contribution in [0.4, 0.5) is 4.39 Å². The number of aromatic nitrogens is 2. The Morgan fingerprint density at radius 3 is 2.73 bits per heavy atom. The SMILES string of the molecule is CN(C)CC1CCN(Cc2nc3ccc(F)cc3n2-c2ccccc2)C1. The summed E-state index contributed by atoms with van der Waals surface area (Å²) in [5, 5.41) is 0. The molecule has 5 heteroatoms. The van der Waals surface area contributed by atoms with Gasteiger partial charge in [0.1, 0.15) is 11.6 Å². The molecule has 1 saturated heterocycles. The Morgan fingerprint density at radius 2 is 1.96 bits per heavy atom. The first-order valence-electron chi connectivity index (χ1n) is 9.19. The van der Waals surface area contributed by atoms with Crippen molar-refractivity contribution in [2.45, 2.75) is 13.0 Å². The number of rotatable bonds is 5. The molecule has 1 fully saturated rings. The Labute approximate surface area is 153 Å². The van der Waals surface area contributed by atoms with Crippen LogP contribution in [0.2, 0.25) is 0 Å². The largest absolute Gasteiger partial charge is 0.309 e. The van der Waals surface area contributed by atoms with Crippen LogP contribution in [-0.2, 0) is 6.54 Å². The monoisotopic (exact) mass is 352 g/mol. The van der Waals surface area contributed by atoms with Crippen LogP contribution in [-0.4, -0.2) is 53.1 Å². The van der Waals surface area contributed by atoms with E-state index in [0.29, 0.717) is 5.92 Å². The minimum absolute atomic E-state index is 0.228. The van der Waals surface area contributed by atoms with Crippen molar-refractivity contribution in [3.8, 4) is 5.69 Å². The third-order valence-electron chi connectivity index (χ3n) is 5.06. The predicted molar refractivity (Wildman–Crippen MR) is 103 cm³/mol. The average molecular weight is 352 g/mol. The summed E-state index contributed by atoms with van der Waals surface area (Å²) in [5.74, 6) is 1.45. The molecule has 3 aromatic rings. The van der Waals surface area contributed by atoms with Crippen molar-refractivity contribution < 1.29 is 4.39 Å². The molecule has 26 heavy (non-hydrogen) atoms. The fourth-order valence-electron chi connectivity index (χ4n) is 3.99. The molecular formula is C21H25FN4. The van der Waals surface area contributed by atoms with Crippen molar-refractivity contribution >= 4 is 11.0 Å². The molecule has 2 aromatic carbocycles. The van der Waals surface area contributed by atoms with E-state index in [4.69, 9.17) is 4.98 Å². The highest BCUT2D eigenvalue weighted by Gasteiger charge is 2.25. The van der Waals surface area contributed by atoms with E-state index in [1.54, 1.807) is 12.1 Å². The van der Waals surface area contributed by atoms with Gasteiger partial charge in [0.25, 0.3) is 0 Å². The Balaban J connectivity index is 1.67. The van der Waals surface area contributed by atoms with Crippen molar-refractivity contribution in [3.05, 3.63) is 60.2 Å². The van der Waals surface area contributed by atoms with Gasteiger partial charge in [-0.15, -0.1) is 0 Å². The zero-order valence-corrected chi connectivity index (χ0v) is 15.4. The van der Waals surface area contributed by atoms with Crippen molar-refractivity contribution in [2.75, 3.05) is 33.7 Å². The van der Waals surface area contributed by atoms with E-state index in [1.807, 2.05) is 30.3 Å². The second-order valence-corrected chi connectivity index (χ2v) is 7.48. The van der Waals surface area contributed by atoms with E-state index < -0.39 is 0 Å². The van der Waals surface area contributed by atoms with Gasteiger partial charge in [-0.1, -0.05) is 18.2 Å². The number of hydrogen-bond donors (Lipinski definition) is 0. The highest BCUT2D eigenvalue weighted by molar-refractivity contribution is 5.78. The van der Waals surface area contributed by atoms with E-state index in [2.05, 4.69) is 28.5 Å². The molecule has 136 valence electrons. The third-order valence-corrected chi connectivity index (χ3v) is 5.06. The summed E-state index contributed by atoms with van der Waals surface area (Å²) in [5.41, 5.74) is 2.70. The number of benzene rings is 2. The molecule has 0 aliphatic carbocycles. The molecule has 0 radical (unpaired) electrons. The summed E-state index contributed by atoms with van der Waals surface area (Å²) in [4.78, 5) is 9.55. The van der Waals surface area contributed by atoms with Gasteiger partial charge in [0, 0.05) is 24.8 Å². The van der Waals surface area contributed by atoms with E-state index in [1.165, 1.54) is 12.5 Å². The standard InChI is InChI=1S/C21H25FN4/c1-24(2)13-16-10-11-25(14-16)15-21-23-19-9-8-17(22)12-20(19)26(21)18-6-4-3-5-7-18/h3-9,12,16H,10-11,13-15H2,1-2H3. The molecule has 1 atom stereocenters. The molecule has 2 heterocycles. The molecule has 1 unspecified atom stereocenters. The lowest BCUT2D eigenvalue weighted by atomic mass is 10.1. The lowest BCUT2D eigenvalue weighted by Gasteiger charge is -2.19. The summed E-state index contributed by atoms with van der Waals surface area (Å²) in [6.07, 6.45) is 1.22. The maximum Gasteiger partial charge on any atom is 0.128 e. The summed E-state index contributed by atoms with van der Waals surface area (Å²) in [7, 11) is 4.26. The van der Waals surface area contributed by atoms with Gasteiger partial charge in [-0.2, -0.15) is 0 Å². The fourth-order valence-corrected chi connectivity index (χ4v) is 3.99. The number of para-hydroxylation sites is 1. The number of hydrogen-bond acceptors (Lipinski definition) is 3. The summed E-state index contributed by atoms with van der Waals surface area (Å²) >= 11 is 0. The van der Waals surface area contributed by atoms with Gasteiger partial charge < -0.3 is 4.90 Å². The van der Waals surface area contributed by atoms with Gasteiger partial charge in [0.15, 0.2) is 0 Å². The highest BCUT2D eigenvalue weighted by atomic mass is 19.1. The van der Waals surface area contributed by atoms with Gasteiger partial charge in [-0.05, 0) is 57.2 Å². The average Bonchev–Trinajstić information content (AvgIpc) is 3.19. The second kappa shape index (κ2) is 7.17. The van der Waals surface area contributed by atoms with Crippen LogP contribution in [0.25, 0.3) is 16.7 Å². The summed E-state index contributed by atoms with van der Waals surface area (Å²) in [6.45, 7) is 4.08. The highest BCUT2D eigenvalue weighted by Crippen LogP contribution is 2.25. The van der Waals surface area contributed by atoms with Crippen LogP contribution in [0, 0.1) is 11.7 Å². The van der Waals surface area contributed by atoms with Crippen LogP contribution < -0.4 is 0 Å². The second-order valence-electron chi connectivity index (χ2n) is 7.48. The summed E-state index contributed by atoms with van der Waals surface area (Å²) < 4.78 is 16.0. The fraction of sp³-hybridized carbons (Fsp3) is 0.381. The topological polar surface area (TPSA) is 24.3 Å². The smallest absolute Gasteiger partial charge is 0.128 e. The maximum atomic E-state index is 13.9. The van der Waals surface area contributed by atoms with E-state index in [-0.39, 0.29) is 5.82 Å². The van der Waals surface area contributed by atoms with E-state index >= 15 is 0 Å². The molecule has 1 aromatic heterocycles. The molecule has 0 N–H and O–H groups in total. The van der Waals surface area contributed by atoms with Crippen LogP contribution >= 0.6 is 0 Å². The van der Waals surface area contributed by atoms with Gasteiger partial charge in [-0.25, -0.2) is 9.37 Å². The van der Waals surface area contributed by atoms with Crippen LogP contribution in [0.3, 0.4) is 0 Å². The summed E-state index contributed by atoms with van der Waals surface area (Å²) in [6, 6.07) is 14.9. The Hall–Kier alpha value is -2.24. The number of likely N-dealkylation sites (tertiary alicyclic amines) is 1. The molecule has 0 amide bonds. The van der Waals surface area contributed by atoms with Crippen LogP contribution in [0.15, 0.2) is 48.5 Å². The van der Waals surface area contributed by atoms with Crippen molar-refractivity contribution in [2.24, 2.45) is 5.92 Å². The molecular weight excluding hydrogens is 327 g/mol. The molecule has 1 aliphatic rings. The van der Waals surface area contributed by atoms with Gasteiger partial charge in [0.2, 0.25) is 0 Å². The molecule has 0 bridgehead atoms. The molecule has 0 saturated carbocycles. The van der Waals surface area contributed by atoms with E-state index in [0.717, 1.165) is 48.7 Å². The third kappa shape index (κ3) is 3.50. The minimum atomic E-state index is -0.228. The molecule has 1 aliphatic heterocycles. The van der Waals surface area contributed by atoms with E-state index in [9.17, 15) is 4.39 Å². The van der Waals surface area contributed by atoms with Crippen molar-refractivity contribution in [1.29, 1.82) is 0 Å². The number of imidazole rings is 1. The quantitative estimate of drug-likeness (QED) is 0.702. The first-order valence-corrected chi connectivity index (χ1v) is 9.19. The Morgan fingerprint density at radius 1 is 1.15 bits per heavy atom.